The van der Waals surface area contributed by atoms with Crippen molar-refractivity contribution in [2.75, 3.05) is 0 Å². The molecule has 0 bridgehead atoms. The molecule has 0 aliphatic heterocycles. The van der Waals surface area contributed by atoms with E-state index in [0.717, 1.165) is 12.8 Å². The van der Waals surface area contributed by atoms with Gasteiger partial charge in [-0.15, -0.1) is 0 Å². The third-order valence-electron chi connectivity index (χ3n) is 3.71. The van der Waals surface area contributed by atoms with Crippen LogP contribution >= 0.6 is 0 Å². The lowest BCUT2D eigenvalue weighted by Gasteiger charge is -2.35. The summed E-state index contributed by atoms with van der Waals surface area (Å²) in [4.78, 5) is 11.8. The molecule has 0 radical (unpaired) electrons. The molecule has 0 N–H and O–H groups in total. The van der Waals surface area contributed by atoms with E-state index < -0.39 is 0 Å². The van der Waals surface area contributed by atoms with Crippen LogP contribution in [-0.2, 0) is 10.2 Å². The fraction of sp³-hybridized carbons (Fsp3) is 0.500. The fourth-order valence-electron chi connectivity index (χ4n) is 2.43. The van der Waals surface area contributed by atoms with Crippen LogP contribution in [0.4, 0.5) is 0 Å². The van der Waals surface area contributed by atoms with Gasteiger partial charge in [-0.1, -0.05) is 44.2 Å². The lowest BCUT2D eigenvalue weighted by molar-refractivity contribution is -0.125. The van der Waals surface area contributed by atoms with Gasteiger partial charge < -0.3 is 0 Å². The van der Waals surface area contributed by atoms with E-state index >= 15 is 0 Å². The Morgan fingerprint density at radius 2 is 1.93 bits per heavy atom. The highest BCUT2D eigenvalue weighted by Gasteiger charge is 2.35. The van der Waals surface area contributed by atoms with Crippen molar-refractivity contribution in [2.24, 2.45) is 5.92 Å². The summed E-state index contributed by atoms with van der Waals surface area (Å²) in [5.74, 6) is 0.689. The van der Waals surface area contributed by atoms with Crippen molar-refractivity contribution < 1.29 is 4.79 Å². The van der Waals surface area contributed by atoms with Crippen molar-refractivity contribution in [3.63, 3.8) is 0 Å². The van der Waals surface area contributed by atoms with Crippen LogP contribution in [0.1, 0.15) is 38.7 Å². The van der Waals surface area contributed by atoms with Crippen LogP contribution in [-0.4, -0.2) is 5.78 Å². The Balaban J connectivity index is 2.25. The molecule has 1 aliphatic carbocycles. The summed E-state index contributed by atoms with van der Waals surface area (Å²) < 4.78 is 0. The second-order valence-corrected chi connectivity index (χ2v) is 5.01. The van der Waals surface area contributed by atoms with E-state index in [0.29, 0.717) is 12.2 Å². The molecule has 1 aromatic rings. The highest BCUT2D eigenvalue weighted by Crippen LogP contribution is 2.39. The molecule has 15 heavy (non-hydrogen) atoms. The van der Waals surface area contributed by atoms with Gasteiger partial charge in [0, 0.05) is 12.3 Å². The molecular formula is C14H18O. The van der Waals surface area contributed by atoms with E-state index in [9.17, 15) is 4.79 Å². The summed E-state index contributed by atoms with van der Waals surface area (Å²) in [6.07, 6.45) is 2.87. The van der Waals surface area contributed by atoms with Crippen molar-refractivity contribution in [3.05, 3.63) is 35.9 Å². The molecule has 1 aromatic carbocycles. The highest BCUT2D eigenvalue weighted by molar-refractivity contribution is 5.83. The van der Waals surface area contributed by atoms with Gasteiger partial charge in [-0.25, -0.2) is 0 Å². The van der Waals surface area contributed by atoms with E-state index in [1.54, 1.807) is 0 Å². The van der Waals surface area contributed by atoms with Crippen LogP contribution in [0.2, 0.25) is 0 Å². The average molecular weight is 202 g/mol. The lowest BCUT2D eigenvalue weighted by atomic mass is 9.68. The normalized spacial score (nSPS) is 31.6. The largest absolute Gasteiger partial charge is 0.299 e. The molecule has 2 rings (SSSR count). The zero-order valence-electron chi connectivity index (χ0n) is 9.49. The molecule has 2 atom stereocenters. The SMILES string of the molecule is CC1CCC(C)(c2ccccc2)CC1=O. The van der Waals surface area contributed by atoms with Crippen LogP contribution in [0.15, 0.2) is 30.3 Å². The molecule has 0 saturated heterocycles. The molecule has 1 nitrogen and oxygen atoms in total. The highest BCUT2D eigenvalue weighted by atomic mass is 16.1. The predicted octanol–water partition coefficient (Wildman–Crippen LogP) is 3.33. The molecule has 0 amide bonds. The molecule has 2 unspecified atom stereocenters. The Morgan fingerprint density at radius 3 is 2.53 bits per heavy atom. The lowest BCUT2D eigenvalue weighted by Crippen LogP contribution is -2.34. The first-order valence-corrected chi connectivity index (χ1v) is 5.70. The monoisotopic (exact) mass is 202 g/mol. The first-order valence-electron chi connectivity index (χ1n) is 5.70. The maximum Gasteiger partial charge on any atom is 0.136 e. The summed E-state index contributed by atoms with van der Waals surface area (Å²) >= 11 is 0. The Bertz CT molecular complexity index is 355. The number of rotatable bonds is 1. The van der Waals surface area contributed by atoms with Crippen LogP contribution in [0, 0.1) is 5.92 Å². The number of Topliss-reactive ketones (excluding diaryl/α,β-unsaturated/α-hetero) is 1. The van der Waals surface area contributed by atoms with Gasteiger partial charge in [-0.05, 0) is 23.8 Å². The Labute approximate surface area is 91.5 Å². The smallest absolute Gasteiger partial charge is 0.136 e. The van der Waals surface area contributed by atoms with Gasteiger partial charge in [0.05, 0.1) is 0 Å². The fourth-order valence-corrected chi connectivity index (χ4v) is 2.43. The second-order valence-electron chi connectivity index (χ2n) is 5.01. The van der Waals surface area contributed by atoms with Gasteiger partial charge in [-0.2, -0.15) is 0 Å². The summed E-state index contributed by atoms with van der Waals surface area (Å²) in [7, 11) is 0. The second kappa shape index (κ2) is 3.80. The zero-order valence-corrected chi connectivity index (χ0v) is 9.49. The van der Waals surface area contributed by atoms with Gasteiger partial charge in [0.2, 0.25) is 0 Å². The number of benzene rings is 1. The standard InChI is InChI=1S/C14H18O/c1-11-8-9-14(2,10-13(11)15)12-6-4-3-5-7-12/h3-7,11H,8-10H2,1-2H3. The van der Waals surface area contributed by atoms with Crippen molar-refractivity contribution in [1.29, 1.82) is 0 Å². The Hall–Kier alpha value is -1.11. The van der Waals surface area contributed by atoms with E-state index in [-0.39, 0.29) is 11.3 Å². The molecule has 1 fully saturated rings. The molecular weight excluding hydrogens is 184 g/mol. The number of hydrogen-bond donors (Lipinski definition) is 0. The quantitative estimate of drug-likeness (QED) is 0.682. The average Bonchev–Trinajstić information content (AvgIpc) is 2.26. The topological polar surface area (TPSA) is 17.1 Å². The maximum absolute atomic E-state index is 11.8. The first-order chi connectivity index (χ1) is 7.12. The zero-order chi connectivity index (χ0) is 10.9. The predicted molar refractivity (Wildman–Crippen MR) is 61.8 cm³/mol. The Morgan fingerprint density at radius 1 is 1.27 bits per heavy atom. The minimum atomic E-state index is 0.0743. The Kier molecular flexibility index (Phi) is 2.64. The summed E-state index contributed by atoms with van der Waals surface area (Å²) in [6.45, 7) is 4.26. The summed E-state index contributed by atoms with van der Waals surface area (Å²) in [5.41, 5.74) is 1.38. The van der Waals surface area contributed by atoms with Crippen LogP contribution in [0.3, 0.4) is 0 Å². The van der Waals surface area contributed by atoms with E-state index in [1.807, 2.05) is 13.0 Å². The number of hydrogen-bond acceptors (Lipinski definition) is 1. The van der Waals surface area contributed by atoms with Crippen LogP contribution in [0.5, 0.6) is 0 Å². The van der Waals surface area contributed by atoms with Gasteiger partial charge in [0.1, 0.15) is 5.78 Å². The molecule has 0 spiro atoms. The molecule has 0 heterocycles. The van der Waals surface area contributed by atoms with Crippen molar-refractivity contribution >= 4 is 5.78 Å². The molecule has 1 saturated carbocycles. The maximum atomic E-state index is 11.8. The minimum Gasteiger partial charge on any atom is -0.299 e. The van der Waals surface area contributed by atoms with Crippen molar-refractivity contribution in [1.82, 2.24) is 0 Å². The molecule has 80 valence electrons. The third-order valence-corrected chi connectivity index (χ3v) is 3.71. The van der Waals surface area contributed by atoms with Crippen LogP contribution in [0.25, 0.3) is 0 Å². The minimum absolute atomic E-state index is 0.0743. The van der Waals surface area contributed by atoms with Gasteiger partial charge in [-0.3, -0.25) is 4.79 Å². The van der Waals surface area contributed by atoms with Gasteiger partial charge in [0.15, 0.2) is 0 Å². The molecule has 1 aliphatic rings. The van der Waals surface area contributed by atoms with Gasteiger partial charge in [0.25, 0.3) is 0 Å². The summed E-state index contributed by atoms with van der Waals surface area (Å²) in [6, 6.07) is 10.4. The van der Waals surface area contributed by atoms with E-state index in [4.69, 9.17) is 0 Å². The molecule has 1 heteroatoms. The molecule has 0 aromatic heterocycles. The van der Waals surface area contributed by atoms with Gasteiger partial charge >= 0.3 is 0 Å². The van der Waals surface area contributed by atoms with Crippen LogP contribution < -0.4 is 0 Å². The summed E-state index contributed by atoms with van der Waals surface area (Å²) in [5, 5.41) is 0. The number of ketones is 1. The van der Waals surface area contributed by atoms with E-state index in [2.05, 4.69) is 31.2 Å². The number of carbonyl (C=O) groups excluding carboxylic acids is 1. The van der Waals surface area contributed by atoms with E-state index in [1.165, 1.54) is 5.56 Å². The van der Waals surface area contributed by atoms with Crippen molar-refractivity contribution in [3.8, 4) is 0 Å². The first kappa shape index (κ1) is 10.4. The van der Waals surface area contributed by atoms with Crippen molar-refractivity contribution in [2.45, 2.75) is 38.5 Å². The number of carbonyl (C=O) groups is 1. The third kappa shape index (κ3) is 1.97.